The van der Waals surface area contributed by atoms with Crippen LogP contribution in [0.5, 0.6) is 5.75 Å². The van der Waals surface area contributed by atoms with Gasteiger partial charge in [-0.05, 0) is 36.6 Å². The first-order valence-electron chi connectivity index (χ1n) is 7.01. The zero-order valence-electron chi connectivity index (χ0n) is 13.3. The van der Waals surface area contributed by atoms with Crippen LogP contribution < -0.4 is 10.1 Å². The van der Waals surface area contributed by atoms with Gasteiger partial charge in [0.05, 0.1) is 7.11 Å². The number of nitrogens with zero attached hydrogens (tertiary/aromatic N) is 2. The van der Waals surface area contributed by atoms with E-state index in [1.807, 2.05) is 13.8 Å². The summed E-state index contributed by atoms with van der Waals surface area (Å²) in [5, 5.41) is 11.5. The Balaban J connectivity index is 2.85. The molecule has 1 rings (SSSR count). The van der Waals surface area contributed by atoms with E-state index in [1.54, 1.807) is 37.6 Å². The fourth-order valence-corrected chi connectivity index (χ4v) is 1.96. The van der Waals surface area contributed by atoms with Crippen molar-refractivity contribution >= 4 is 11.8 Å². The Bertz CT molecular complexity index is 561. The van der Waals surface area contributed by atoms with Crippen LogP contribution in [0.2, 0.25) is 0 Å². The Morgan fingerprint density at radius 2 is 1.91 bits per heavy atom. The lowest BCUT2D eigenvalue weighted by Crippen LogP contribution is -2.46. The number of methoxy groups -OCH3 is 1. The molecule has 0 fully saturated rings. The topological polar surface area (TPSA) is 82.4 Å². The smallest absolute Gasteiger partial charge is 0.257 e. The van der Waals surface area contributed by atoms with Crippen molar-refractivity contribution < 1.29 is 14.3 Å². The second-order valence-electron chi connectivity index (χ2n) is 5.38. The quantitative estimate of drug-likeness (QED) is 0.641. The second-order valence-corrected chi connectivity index (χ2v) is 5.38. The largest absolute Gasteiger partial charge is 0.497 e. The molecule has 0 saturated heterocycles. The monoisotopic (exact) mass is 303 g/mol. The van der Waals surface area contributed by atoms with Gasteiger partial charge in [0.25, 0.3) is 11.8 Å². The van der Waals surface area contributed by atoms with Crippen LogP contribution in [0.4, 0.5) is 0 Å². The molecule has 2 amide bonds. The summed E-state index contributed by atoms with van der Waals surface area (Å²) in [4.78, 5) is 25.3. The molecule has 1 aromatic rings. The van der Waals surface area contributed by atoms with E-state index in [2.05, 4.69) is 5.32 Å². The minimum atomic E-state index is -0.723. The van der Waals surface area contributed by atoms with Crippen molar-refractivity contribution in [3.05, 3.63) is 29.8 Å². The molecule has 6 nitrogen and oxygen atoms in total. The number of hydrogen-bond acceptors (Lipinski definition) is 4. The standard InChI is InChI=1S/C16H21N3O3/c1-11(2)9-14(16(21)19(3)10-17)18-15(20)12-5-7-13(22-4)8-6-12/h5-8,11,14H,9H2,1-4H3,(H,18,20). The molecule has 0 bridgehead atoms. The summed E-state index contributed by atoms with van der Waals surface area (Å²) in [5.74, 6) is 0.0823. The molecule has 0 radical (unpaired) electrons. The summed E-state index contributed by atoms with van der Waals surface area (Å²) in [7, 11) is 2.93. The summed E-state index contributed by atoms with van der Waals surface area (Å²) in [6.07, 6.45) is 2.23. The number of amides is 2. The Kier molecular flexibility index (Phi) is 6.39. The summed E-state index contributed by atoms with van der Waals surface area (Å²) in [6.45, 7) is 3.90. The van der Waals surface area contributed by atoms with Gasteiger partial charge in [-0.3, -0.25) is 14.5 Å². The van der Waals surface area contributed by atoms with Crippen LogP contribution in [-0.2, 0) is 4.79 Å². The Hall–Kier alpha value is -2.55. The molecular weight excluding hydrogens is 282 g/mol. The molecule has 0 aliphatic carbocycles. The number of hydrogen-bond donors (Lipinski definition) is 1. The molecule has 0 heterocycles. The maximum Gasteiger partial charge on any atom is 0.257 e. The second kappa shape index (κ2) is 8.03. The van der Waals surface area contributed by atoms with Gasteiger partial charge in [-0.2, -0.15) is 5.26 Å². The van der Waals surface area contributed by atoms with Gasteiger partial charge in [0, 0.05) is 12.6 Å². The first-order chi connectivity index (χ1) is 10.4. The minimum absolute atomic E-state index is 0.206. The summed E-state index contributed by atoms with van der Waals surface area (Å²) >= 11 is 0. The number of benzene rings is 1. The third-order valence-corrected chi connectivity index (χ3v) is 3.14. The lowest BCUT2D eigenvalue weighted by molar-refractivity contribution is -0.129. The van der Waals surface area contributed by atoms with Crippen molar-refractivity contribution in [3.63, 3.8) is 0 Å². The molecule has 0 saturated carbocycles. The highest BCUT2D eigenvalue weighted by Gasteiger charge is 2.25. The van der Waals surface area contributed by atoms with Crippen LogP contribution in [0.1, 0.15) is 30.6 Å². The molecule has 1 N–H and O–H groups in total. The first kappa shape index (κ1) is 17.5. The molecule has 22 heavy (non-hydrogen) atoms. The first-order valence-corrected chi connectivity index (χ1v) is 7.01. The normalized spacial score (nSPS) is 11.5. The third-order valence-electron chi connectivity index (χ3n) is 3.14. The van der Waals surface area contributed by atoms with Gasteiger partial charge in [-0.15, -0.1) is 0 Å². The van der Waals surface area contributed by atoms with Crippen LogP contribution in [0.25, 0.3) is 0 Å². The maximum atomic E-state index is 12.2. The van der Waals surface area contributed by atoms with Crippen molar-refractivity contribution in [2.75, 3.05) is 14.2 Å². The van der Waals surface area contributed by atoms with E-state index in [0.29, 0.717) is 17.7 Å². The van der Waals surface area contributed by atoms with Gasteiger partial charge in [0.15, 0.2) is 6.19 Å². The number of likely N-dealkylation sites (N-methyl/N-ethyl adjacent to an activating group) is 1. The van der Waals surface area contributed by atoms with Gasteiger partial charge in [0.1, 0.15) is 11.8 Å². The van der Waals surface area contributed by atoms with E-state index in [1.165, 1.54) is 7.05 Å². The average molecular weight is 303 g/mol. The number of carbonyl (C=O) groups excluding carboxylic acids is 2. The van der Waals surface area contributed by atoms with Gasteiger partial charge in [-0.25, -0.2) is 0 Å². The molecule has 0 aliphatic heterocycles. The van der Waals surface area contributed by atoms with E-state index < -0.39 is 11.9 Å². The van der Waals surface area contributed by atoms with Crippen molar-refractivity contribution in [1.82, 2.24) is 10.2 Å². The Morgan fingerprint density at radius 1 is 1.32 bits per heavy atom. The highest BCUT2D eigenvalue weighted by Crippen LogP contribution is 2.13. The molecule has 6 heteroatoms. The molecule has 1 unspecified atom stereocenters. The molecule has 118 valence electrons. The van der Waals surface area contributed by atoms with Crippen LogP contribution in [0, 0.1) is 17.4 Å². The fourth-order valence-electron chi connectivity index (χ4n) is 1.96. The van der Waals surface area contributed by atoms with E-state index in [0.717, 1.165) is 4.90 Å². The highest BCUT2D eigenvalue weighted by molar-refractivity contribution is 5.97. The maximum absolute atomic E-state index is 12.2. The van der Waals surface area contributed by atoms with Crippen molar-refractivity contribution in [2.24, 2.45) is 5.92 Å². The molecule has 0 aliphatic rings. The number of rotatable bonds is 6. The summed E-state index contributed by atoms with van der Waals surface area (Å²) < 4.78 is 5.04. The van der Waals surface area contributed by atoms with Crippen molar-refractivity contribution in [1.29, 1.82) is 5.26 Å². The number of nitriles is 1. The van der Waals surface area contributed by atoms with Crippen molar-refractivity contribution in [2.45, 2.75) is 26.3 Å². The average Bonchev–Trinajstić information content (AvgIpc) is 2.52. The van der Waals surface area contributed by atoms with Crippen molar-refractivity contribution in [3.8, 4) is 11.9 Å². The van der Waals surface area contributed by atoms with Crippen LogP contribution in [-0.4, -0.2) is 36.9 Å². The van der Waals surface area contributed by atoms with Crippen LogP contribution >= 0.6 is 0 Å². The van der Waals surface area contributed by atoms with Crippen LogP contribution in [0.15, 0.2) is 24.3 Å². The van der Waals surface area contributed by atoms with Gasteiger partial charge in [-0.1, -0.05) is 13.8 Å². The SMILES string of the molecule is COc1ccc(C(=O)NC(CC(C)C)C(=O)N(C)C#N)cc1. The predicted octanol–water partition coefficient (Wildman–Crippen LogP) is 1.78. The molecular formula is C16H21N3O3. The van der Waals surface area contributed by atoms with E-state index in [9.17, 15) is 9.59 Å². The minimum Gasteiger partial charge on any atom is -0.497 e. The lowest BCUT2D eigenvalue weighted by atomic mass is 10.0. The highest BCUT2D eigenvalue weighted by atomic mass is 16.5. The Labute approximate surface area is 130 Å². The zero-order valence-corrected chi connectivity index (χ0v) is 13.3. The van der Waals surface area contributed by atoms with Gasteiger partial charge < -0.3 is 10.1 Å². The van der Waals surface area contributed by atoms with E-state index >= 15 is 0 Å². The van der Waals surface area contributed by atoms with Gasteiger partial charge >= 0.3 is 0 Å². The molecule has 1 atom stereocenters. The van der Waals surface area contributed by atoms with E-state index in [-0.39, 0.29) is 11.8 Å². The molecule has 0 aromatic heterocycles. The number of ether oxygens (including phenoxy) is 1. The lowest BCUT2D eigenvalue weighted by Gasteiger charge is -2.21. The number of carbonyl (C=O) groups is 2. The number of nitrogens with one attached hydrogen (secondary N) is 1. The fraction of sp³-hybridized carbons (Fsp3) is 0.438. The Morgan fingerprint density at radius 3 is 2.36 bits per heavy atom. The summed E-state index contributed by atoms with van der Waals surface area (Å²) in [6, 6.07) is 5.88. The van der Waals surface area contributed by atoms with Crippen LogP contribution in [0.3, 0.4) is 0 Å². The zero-order chi connectivity index (χ0) is 16.7. The molecule has 0 spiro atoms. The molecule has 1 aromatic carbocycles. The van der Waals surface area contributed by atoms with E-state index in [4.69, 9.17) is 10.00 Å². The van der Waals surface area contributed by atoms with Gasteiger partial charge in [0.2, 0.25) is 0 Å². The third kappa shape index (κ3) is 4.77. The summed E-state index contributed by atoms with van der Waals surface area (Å²) in [5.41, 5.74) is 0.432. The predicted molar refractivity (Wildman–Crippen MR) is 82.1 cm³/mol.